The van der Waals surface area contributed by atoms with Crippen molar-refractivity contribution in [1.82, 2.24) is 9.97 Å². The smallest absolute Gasteiger partial charge is 0.230 e. The van der Waals surface area contributed by atoms with Crippen LogP contribution in [0.25, 0.3) is 0 Å². The van der Waals surface area contributed by atoms with Gasteiger partial charge in [-0.05, 0) is 11.1 Å². The highest BCUT2D eigenvalue weighted by atomic mass is 19.1. The maximum absolute atomic E-state index is 15.5. The first-order valence-electron chi connectivity index (χ1n) is 9.84. The highest BCUT2D eigenvalue weighted by molar-refractivity contribution is 5.58. The summed E-state index contributed by atoms with van der Waals surface area (Å²) in [6, 6.07) is 8.35. The molecule has 0 N–H and O–H groups in total. The molecule has 3 aliphatic rings. The van der Waals surface area contributed by atoms with Gasteiger partial charge in [0.15, 0.2) is 11.6 Å². The van der Waals surface area contributed by atoms with Crippen molar-refractivity contribution in [3.05, 3.63) is 41.2 Å². The van der Waals surface area contributed by atoms with E-state index in [4.69, 9.17) is 9.47 Å². The molecule has 2 fully saturated rings. The van der Waals surface area contributed by atoms with Crippen LogP contribution in [-0.2, 0) is 22.6 Å². The van der Waals surface area contributed by atoms with E-state index in [1.54, 1.807) is 0 Å². The highest BCUT2D eigenvalue weighted by Gasteiger charge is 2.29. The lowest BCUT2D eigenvalue weighted by Crippen LogP contribution is -2.40. The van der Waals surface area contributed by atoms with Crippen LogP contribution in [0, 0.1) is 5.82 Å². The fourth-order valence-corrected chi connectivity index (χ4v) is 4.00. The Bertz CT molecular complexity index is 788. The van der Waals surface area contributed by atoms with E-state index in [1.165, 1.54) is 11.1 Å². The summed E-state index contributed by atoms with van der Waals surface area (Å²) in [7, 11) is 0. The third-order valence-corrected chi connectivity index (χ3v) is 5.55. The topological polar surface area (TPSA) is 54.0 Å². The van der Waals surface area contributed by atoms with Gasteiger partial charge in [-0.1, -0.05) is 24.3 Å². The first-order chi connectivity index (χ1) is 13.8. The maximum atomic E-state index is 15.5. The van der Waals surface area contributed by atoms with E-state index in [0.717, 1.165) is 13.1 Å². The molecule has 5 rings (SSSR count). The SMILES string of the molecule is Fc1c(N2CCOCC2)nc(N2Cc3ccccc3C2)nc1N1CCOCC1. The zero-order valence-electron chi connectivity index (χ0n) is 15.8. The van der Waals surface area contributed by atoms with Crippen molar-refractivity contribution in [3.63, 3.8) is 0 Å². The molecular weight excluding hydrogens is 361 g/mol. The minimum absolute atomic E-state index is 0.343. The quantitative estimate of drug-likeness (QED) is 0.799. The fourth-order valence-electron chi connectivity index (χ4n) is 4.00. The van der Waals surface area contributed by atoms with Crippen LogP contribution in [0.15, 0.2) is 24.3 Å². The van der Waals surface area contributed by atoms with E-state index in [2.05, 4.69) is 27.0 Å². The van der Waals surface area contributed by atoms with Crippen LogP contribution in [0.4, 0.5) is 22.0 Å². The van der Waals surface area contributed by atoms with Crippen LogP contribution in [0.1, 0.15) is 11.1 Å². The van der Waals surface area contributed by atoms with Gasteiger partial charge >= 0.3 is 0 Å². The van der Waals surface area contributed by atoms with Gasteiger partial charge in [-0.3, -0.25) is 0 Å². The molecule has 0 spiro atoms. The number of fused-ring (bicyclic) bond motifs is 1. The van der Waals surface area contributed by atoms with Gasteiger partial charge in [0.05, 0.1) is 26.4 Å². The minimum atomic E-state index is -0.343. The van der Waals surface area contributed by atoms with Gasteiger partial charge in [0.1, 0.15) is 0 Å². The fraction of sp³-hybridized carbons (Fsp3) is 0.500. The zero-order chi connectivity index (χ0) is 18.9. The summed E-state index contributed by atoms with van der Waals surface area (Å²) in [5.74, 6) is 1.00. The minimum Gasteiger partial charge on any atom is -0.378 e. The van der Waals surface area contributed by atoms with E-state index in [-0.39, 0.29) is 5.82 Å². The molecule has 0 amide bonds. The van der Waals surface area contributed by atoms with Gasteiger partial charge in [0.2, 0.25) is 11.8 Å². The Morgan fingerprint density at radius 3 is 1.64 bits per heavy atom. The Balaban J connectivity index is 1.53. The van der Waals surface area contributed by atoms with Gasteiger partial charge in [-0.2, -0.15) is 14.4 Å². The van der Waals surface area contributed by atoms with Crippen molar-refractivity contribution in [2.24, 2.45) is 0 Å². The first kappa shape index (κ1) is 17.6. The number of hydrogen-bond acceptors (Lipinski definition) is 7. The Morgan fingerprint density at radius 2 is 1.18 bits per heavy atom. The van der Waals surface area contributed by atoms with E-state index in [9.17, 15) is 0 Å². The summed E-state index contributed by atoms with van der Waals surface area (Å²) < 4.78 is 26.3. The largest absolute Gasteiger partial charge is 0.378 e. The normalized spacial score (nSPS) is 19.8. The molecule has 1 aromatic carbocycles. The molecule has 0 aliphatic carbocycles. The van der Waals surface area contributed by atoms with Gasteiger partial charge < -0.3 is 24.2 Å². The third kappa shape index (κ3) is 3.27. The zero-order valence-corrected chi connectivity index (χ0v) is 15.8. The van der Waals surface area contributed by atoms with E-state index in [1.807, 2.05) is 21.9 Å². The van der Waals surface area contributed by atoms with Crippen LogP contribution in [0.3, 0.4) is 0 Å². The number of hydrogen-bond donors (Lipinski definition) is 0. The molecule has 8 heteroatoms. The molecule has 0 bridgehead atoms. The monoisotopic (exact) mass is 385 g/mol. The van der Waals surface area contributed by atoms with Crippen molar-refractivity contribution >= 4 is 17.6 Å². The van der Waals surface area contributed by atoms with Gasteiger partial charge in [-0.25, -0.2) is 0 Å². The molecule has 0 unspecified atom stereocenters. The maximum Gasteiger partial charge on any atom is 0.230 e. The van der Waals surface area contributed by atoms with E-state index in [0.29, 0.717) is 70.2 Å². The molecular formula is C20H24FN5O2. The Kier molecular flexibility index (Phi) is 4.74. The summed E-state index contributed by atoms with van der Waals surface area (Å²) in [6.45, 7) is 6.36. The number of anilines is 3. The summed E-state index contributed by atoms with van der Waals surface area (Å²) in [6.07, 6.45) is 0. The van der Waals surface area contributed by atoms with Crippen molar-refractivity contribution in [2.75, 3.05) is 67.3 Å². The molecule has 3 aliphatic heterocycles. The van der Waals surface area contributed by atoms with Crippen molar-refractivity contribution in [1.29, 1.82) is 0 Å². The molecule has 7 nitrogen and oxygen atoms in total. The summed E-state index contributed by atoms with van der Waals surface area (Å²) in [5, 5.41) is 0. The molecule has 0 radical (unpaired) electrons. The van der Waals surface area contributed by atoms with Gasteiger partial charge in [0, 0.05) is 39.3 Å². The lowest BCUT2D eigenvalue weighted by Gasteiger charge is -2.32. The van der Waals surface area contributed by atoms with Crippen LogP contribution in [-0.4, -0.2) is 62.6 Å². The number of ether oxygens (including phenoxy) is 2. The second-order valence-corrected chi connectivity index (χ2v) is 7.31. The second-order valence-electron chi connectivity index (χ2n) is 7.31. The van der Waals surface area contributed by atoms with Crippen LogP contribution in [0.2, 0.25) is 0 Å². The second kappa shape index (κ2) is 7.52. The molecule has 4 heterocycles. The van der Waals surface area contributed by atoms with Crippen molar-refractivity contribution < 1.29 is 13.9 Å². The number of nitrogens with zero attached hydrogens (tertiary/aromatic N) is 5. The van der Waals surface area contributed by atoms with Gasteiger partial charge in [0.25, 0.3) is 0 Å². The number of halogens is 1. The van der Waals surface area contributed by atoms with E-state index >= 15 is 4.39 Å². The molecule has 2 saturated heterocycles. The Morgan fingerprint density at radius 1 is 0.714 bits per heavy atom. The molecule has 28 heavy (non-hydrogen) atoms. The van der Waals surface area contributed by atoms with Gasteiger partial charge in [-0.15, -0.1) is 0 Å². The highest BCUT2D eigenvalue weighted by Crippen LogP contribution is 2.32. The lowest BCUT2D eigenvalue weighted by atomic mass is 10.1. The number of rotatable bonds is 3. The lowest BCUT2D eigenvalue weighted by molar-refractivity contribution is 0.121. The standard InChI is InChI=1S/C20H24FN5O2/c21-17-18(24-5-9-27-10-6-24)22-20(23-19(17)25-7-11-28-12-8-25)26-13-15-3-1-2-4-16(15)14-26/h1-4H,5-14H2. The van der Waals surface area contributed by atoms with Crippen molar-refractivity contribution in [3.8, 4) is 0 Å². The molecule has 2 aromatic rings. The summed E-state index contributed by atoms with van der Waals surface area (Å²) in [4.78, 5) is 15.4. The Hall–Kier alpha value is -2.45. The van der Waals surface area contributed by atoms with Crippen molar-refractivity contribution in [2.45, 2.75) is 13.1 Å². The summed E-state index contributed by atoms with van der Waals surface area (Å²) >= 11 is 0. The predicted octanol–water partition coefficient (Wildman–Crippen LogP) is 1.81. The van der Waals surface area contributed by atoms with Crippen LogP contribution >= 0.6 is 0 Å². The number of benzene rings is 1. The van der Waals surface area contributed by atoms with Crippen LogP contribution in [0.5, 0.6) is 0 Å². The average Bonchev–Trinajstić information content (AvgIpc) is 3.19. The molecule has 0 saturated carbocycles. The summed E-state index contributed by atoms with van der Waals surface area (Å²) in [5.41, 5.74) is 2.55. The first-order valence-corrected chi connectivity index (χ1v) is 9.84. The number of morpholine rings is 2. The average molecular weight is 385 g/mol. The predicted molar refractivity (Wildman–Crippen MR) is 104 cm³/mol. The van der Waals surface area contributed by atoms with Crippen LogP contribution < -0.4 is 14.7 Å². The Labute approximate surface area is 163 Å². The molecule has 0 atom stereocenters. The molecule has 1 aromatic heterocycles. The van der Waals surface area contributed by atoms with E-state index < -0.39 is 0 Å². The molecule has 148 valence electrons. The third-order valence-electron chi connectivity index (χ3n) is 5.55. The number of aromatic nitrogens is 2.